The third kappa shape index (κ3) is 2.11. The molecule has 6 atom stereocenters. The second kappa shape index (κ2) is 5.37. The lowest BCUT2D eigenvalue weighted by molar-refractivity contribution is -0.343. The van der Waals surface area contributed by atoms with Gasteiger partial charge in [0, 0.05) is 18.6 Å². The van der Waals surface area contributed by atoms with Crippen molar-refractivity contribution in [1.82, 2.24) is 0 Å². The smallest absolute Gasteiger partial charge is 0.335 e. The lowest BCUT2D eigenvalue weighted by atomic mass is 9.59. The third-order valence-electron chi connectivity index (χ3n) is 5.49. The number of carbonyl (C=O) groups is 2. The molecule has 0 aromatic carbocycles. The molecule has 0 bridgehead atoms. The number of ketones is 1. The average Bonchev–Trinajstić information content (AvgIpc) is 2.51. The minimum atomic E-state index is -2.27. The van der Waals surface area contributed by atoms with Crippen LogP contribution in [0.3, 0.4) is 0 Å². The van der Waals surface area contributed by atoms with Crippen LogP contribution in [0.5, 0.6) is 0 Å². The van der Waals surface area contributed by atoms with Crippen LogP contribution in [0.2, 0.25) is 0 Å². The maximum atomic E-state index is 12.7. The highest BCUT2D eigenvalue weighted by Gasteiger charge is 2.68. The zero-order valence-electron chi connectivity index (χ0n) is 13.4. The van der Waals surface area contributed by atoms with Crippen molar-refractivity contribution < 1.29 is 34.0 Å². The summed E-state index contributed by atoms with van der Waals surface area (Å²) in [6.45, 7) is 3.68. The Morgan fingerprint density at radius 1 is 1.43 bits per heavy atom. The molecule has 2 saturated heterocycles. The molecular formula is C16H22O7. The number of rotatable bonds is 2. The van der Waals surface area contributed by atoms with Gasteiger partial charge in [-0.3, -0.25) is 4.79 Å². The molecule has 3 aliphatic rings. The Labute approximate surface area is 134 Å². The number of hydrogen-bond donors (Lipinski definition) is 2. The van der Waals surface area contributed by atoms with Gasteiger partial charge in [-0.25, -0.2) is 4.79 Å². The Hall–Kier alpha value is -1.28. The highest BCUT2D eigenvalue weighted by atomic mass is 16.7. The molecule has 2 N–H and O–H groups in total. The number of methoxy groups -OCH3 is 1. The first-order chi connectivity index (χ1) is 10.8. The Balaban J connectivity index is 2.05. The molecule has 3 rings (SSSR count). The molecule has 2 fully saturated rings. The van der Waals surface area contributed by atoms with Gasteiger partial charge in [-0.1, -0.05) is 19.9 Å². The predicted molar refractivity (Wildman–Crippen MR) is 77.1 cm³/mol. The zero-order valence-corrected chi connectivity index (χ0v) is 13.4. The normalized spacial score (nSPS) is 46.6. The molecule has 0 unspecified atom stereocenters. The number of carbonyl (C=O) groups excluding carboxylic acids is 2. The predicted octanol–water partition coefficient (Wildman–Crippen LogP) is -0.204. The molecule has 0 radical (unpaired) electrons. The van der Waals surface area contributed by atoms with E-state index in [9.17, 15) is 19.8 Å². The van der Waals surface area contributed by atoms with Crippen molar-refractivity contribution in [3.8, 4) is 0 Å². The first kappa shape index (κ1) is 16.6. The van der Waals surface area contributed by atoms with E-state index in [0.717, 1.165) is 0 Å². The van der Waals surface area contributed by atoms with Crippen LogP contribution in [0, 0.1) is 17.3 Å². The molecule has 7 nitrogen and oxygen atoms in total. The van der Waals surface area contributed by atoms with Gasteiger partial charge in [0.15, 0.2) is 6.10 Å². The van der Waals surface area contributed by atoms with Crippen molar-refractivity contribution >= 4 is 11.8 Å². The molecule has 0 aromatic heterocycles. The van der Waals surface area contributed by atoms with Crippen LogP contribution < -0.4 is 0 Å². The molecule has 0 spiro atoms. The zero-order chi connectivity index (χ0) is 17.0. The fourth-order valence-electron chi connectivity index (χ4n) is 3.91. The lowest BCUT2D eigenvalue weighted by Crippen LogP contribution is -2.72. The van der Waals surface area contributed by atoms with Crippen molar-refractivity contribution in [3.63, 3.8) is 0 Å². The van der Waals surface area contributed by atoms with Crippen LogP contribution in [0.4, 0.5) is 0 Å². The van der Waals surface area contributed by atoms with E-state index in [4.69, 9.17) is 14.2 Å². The van der Waals surface area contributed by atoms with Gasteiger partial charge in [0.1, 0.15) is 0 Å². The Bertz CT molecular complexity index is 571. The van der Waals surface area contributed by atoms with E-state index in [0.29, 0.717) is 0 Å². The number of fused-ring (bicyclic) bond motifs is 2. The van der Waals surface area contributed by atoms with Crippen LogP contribution in [-0.2, 0) is 23.8 Å². The SMILES string of the molecule is COCC1=CC[C@]2(C)[C@@H](O)[C@@H]3[C@@H](C)COC(=O)[C@@H]3O[C@]2(O)C1=O. The van der Waals surface area contributed by atoms with E-state index in [2.05, 4.69) is 0 Å². The van der Waals surface area contributed by atoms with Crippen LogP contribution in [-0.4, -0.2) is 60.3 Å². The number of allylic oxidation sites excluding steroid dienone is 1. The molecule has 2 heterocycles. The van der Waals surface area contributed by atoms with Crippen LogP contribution in [0.25, 0.3) is 0 Å². The number of ether oxygens (including phenoxy) is 3. The Kier molecular flexibility index (Phi) is 3.87. The van der Waals surface area contributed by atoms with Gasteiger partial charge in [-0.05, 0) is 12.3 Å². The molecule has 1 aliphatic carbocycles. The maximum absolute atomic E-state index is 12.7. The highest BCUT2D eigenvalue weighted by molar-refractivity contribution is 6.03. The number of Topliss-reactive ketones (excluding diaryl/α,β-unsaturated/α-hetero) is 1. The number of aliphatic hydroxyl groups is 2. The van der Waals surface area contributed by atoms with Crippen LogP contribution >= 0.6 is 0 Å². The van der Waals surface area contributed by atoms with Crippen molar-refractivity contribution in [1.29, 1.82) is 0 Å². The van der Waals surface area contributed by atoms with E-state index < -0.39 is 41.1 Å². The number of hydrogen-bond acceptors (Lipinski definition) is 7. The molecule has 0 saturated carbocycles. The van der Waals surface area contributed by atoms with E-state index in [1.165, 1.54) is 7.11 Å². The monoisotopic (exact) mass is 326 g/mol. The molecule has 7 heteroatoms. The van der Waals surface area contributed by atoms with Gasteiger partial charge in [0.2, 0.25) is 11.6 Å². The highest BCUT2D eigenvalue weighted by Crippen LogP contribution is 2.54. The molecule has 2 aliphatic heterocycles. The second-order valence-electron chi connectivity index (χ2n) is 6.93. The first-order valence-electron chi connectivity index (χ1n) is 7.74. The quantitative estimate of drug-likeness (QED) is 0.677. The summed E-state index contributed by atoms with van der Waals surface area (Å²) in [6.07, 6.45) is -0.310. The molecule has 0 amide bonds. The molecule has 23 heavy (non-hydrogen) atoms. The summed E-state index contributed by atoms with van der Waals surface area (Å²) in [5, 5.41) is 21.9. The number of cyclic esters (lactones) is 1. The largest absolute Gasteiger partial charge is 0.463 e. The van der Waals surface area contributed by atoms with E-state index in [-0.39, 0.29) is 31.1 Å². The van der Waals surface area contributed by atoms with Gasteiger partial charge in [-0.15, -0.1) is 0 Å². The summed E-state index contributed by atoms with van der Waals surface area (Å²) >= 11 is 0. The summed E-state index contributed by atoms with van der Waals surface area (Å²) in [4.78, 5) is 24.7. The summed E-state index contributed by atoms with van der Waals surface area (Å²) < 4.78 is 15.6. The molecule has 0 aromatic rings. The van der Waals surface area contributed by atoms with Crippen molar-refractivity contribution in [2.24, 2.45) is 17.3 Å². The summed E-state index contributed by atoms with van der Waals surface area (Å²) in [6, 6.07) is 0. The minimum Gasteiger partial charge on any atom is -0.463 e. The van der Waals surface area contributed by atoms with Crippen molar-refractivity contribution in [2.75, 3.05) is 20.3 Å². The summed E-state index contributed by atoms with van der Waals surface area (Å²) in [7, 11) is 1.44. The van der Waals surface area contributed by atoms with Crippen molar-refractivity contribution in [2.45, 2.75) is 38.3 Å². The van der Waals surface area contributed by atoms with E-state index in [1.54, 1.807) is 13.0 Å². The number of esters is 1. The third-order valence-corrected chi connectivity index (χ3v) is 5.49. The molecular weight excluding hydrogens is 304 g/mol. The number of aliphatic hydroxyl groups excluding tert-OH is 1. The van der Waals surface area contributed by atoms with Gasteiger partial charge >= 0.3 is 5.97 Å². The van der Waals surface area contributed by atoms with E-state index >= 15 is 0 Å². The second-order valence-corrected chi connectivity index (χ2v) is 6.93. The van der Waals surface area contributed by atoms with Crippen LogP contribution in [0.15, 0.2) is 11.6 Å². The topological polar surface area (TPSA) is 102 Å². The fourth-order valence-corrected chi connectivity index (χ4v) is 3.91. The van der Waals surface area contributed by atoms with Gasteiger partial charge in [0.05, 0.1) is 24.7 Å². The van der Waals surface area contributed by atoms with Gasteiger partial charge in [-0.2, -0.15) is 0 Å². The maximum Gasteiger partial charge on any atom is 0.335 e. The summed E-state index contributed by atoms with van der Waals surface area (Å²) in [5.41, 5.74) is -0.954. The Morgan fingerprint density at radius 3 is 2.78 bits per heavy atom. The fraction of sp³-hybridized carbons (Fsp3) is 0.750. The Morgan fingerprint density at radius 2 is 2.13 bits per heavy atom. The van der Waals surface area contributed by atoms with Gasteiger partial charge < -0.3 is 24.4 Å². The van der Waals surface area contributed by atoms with E-state index in [1.807, 2.05) is 6.92 Å². The van der Waals surface area contributed by atoms with Gasteiger partial charge in [0.25, 0.3) is 0 Å². The average molecular weight is 326 g/mol. The standard InChI is InChI=1S/C16H22O7/c1-8-6-22-14(19)11-10(8)13(18)15(2)5-4-9(7-21-3)12(17)16(15,20)23-11/h4,8,10-11,13,18,20H,5-7H2,1-3H3/t8-,10+,11+,13-,15+,16+/m0/s1. The summed E-state index contributed by atoms with van der Waals surface area (Å²) in [5.74, 6) is -4.25. The molecule has 128 valence electrons. The van der Waals surface area contributed by atoms with Crippen molar-refractivity contribution in [3.05, 3.63) is 11.6 Å². The van der Waals surface area contributed by atoms with Crippen LogP contribution in [0.1, 0.15) is 20.3 Å². The first-order valence-corrected chi connectivity index (χ1v) is 7.74. The minimum absolute atomic E-state index is 0.0334. The lowest BCUT2D eigenvalue weighted by Gasteiger charge is -2.57.